The van der Waals surface area contributed by atoms with Crippen molar-refractivity contribution in [2.75, 3.05) is 0 Å². The normalized spacial score (nSPS) is 11.1. The minimum absolute atomic E-state index is 0.323. The molecule has 0 N–H and O–H groups in total. The molecule has 0 bridgehead atoms. The molecule has 27 heavy (non-hydrogen) atoms. The van der Waals surface area contributed by atoms with Gasteiger partial charge in [0, 0.05) is 20.6 Å². The molecule has 0 aliphatic carbocycles. The molecular formula is C20H14N3O3P. The van der Waals surface area contributed by atoms with Crippen LogP contribution in [0.15, 0.2) is 89.8 Å². The Morgan fingerprint density at radius 1 is 0.704 bits per heavy atom. The summed E-state index contributed by atoms with van der Waals surface area (Å²) in [5, 5.41) is 3.31. The second-order valence-corrected chi connectivity index (χ2v) is 7.27. The van der Waals surface area contributed by atoms with Crippen LogP contribution in [0.2, 0.25) is 0 Å². The van der Waals surface area contributed by atoms with E-state index in [1.807, 2.05) is 60.7 Å². The fraction of sp³-hybridized carbons (Fsp3) is 0. The van der Waals surface area contributed by atoms with Gasteiger partial charge in [0.15, 0.2) is 0 Å². The molecule has 7 heteroatoms. The molecule has 0 saturated carbocycles. The molecule has 6 nitrogen and oxygen atoms in total. The van der Waals surface area contributed by atoms with Crippen LogP contribution in [0.3, 0.4) is 0 Å². The van der Waals surface area contributed by atoms with Gasteiger partial charge in [0.1, 0.15) is 11.5 Å². The third kappa shape index (κ3) is 3.44. The molecule has 0 amide bonds. The van der Waals surface area contributed by atoms with E-state index in [1.165, 1.54) is 0 Å². The van der Waals surface area contributed by atoms with Crippen molar-refractivity contribution in [3.05, 3.63) is 95.4 Å². The Morgan fingerprint density at radius 2 is 1.15 bits per heavy atom. The Morgan fingerprint density at radius 3 is 1.63 bits per heavy atom. The van der Waals surface area contributed by atoms with Crippen LogP contribution >= 0.6 is 7.75 Å². The Labute approximate surface area is 155 Å². The maximum atomic E-state index is 13.2. The standard InChI is InChI=1S/C20H14N3O3P/c21-22-23-27(24,25-19-13-5-9-15-7-1-3-11-17(15)19)26-20-14-6-10-16-8-2-4-12-18(16)20/h1-14H. The third-order valence-corrected chi connectivity index (χ3v) is 5.23. The number of fused-ring (bicyclic) bond motifs is 2. The quantitative estimate of drug-likeness (QED) is 0.165. The van der Waals surface area contributed by atoms with Gasteiger partial charge in [-0.2, -0.15) is 0 Å². The number of nitrogens with zero attached hydrogens (tertiary/aromatic N) is 3. The summed E-state index contributed by atoms with van der Waals surface area (Å²) in [6.07, 6.45) is 0. The average Bonchev–Trinajstić information content (AvgIpc) is 2.69. The molecule has 0 radical (unpaired) electrons. The topological polar surface area (TPSA) is 84.3 Å². The van der Waals surface area contributed by atoms with Crippen molar-refractivity contribution in [2.24, 2.45) is 4.88 Å². The van der Waals surface area contributed by atoms with Gasteiger partial charge in [-0.15, -0.1) is 0 Å². The lowest BCUT2D eigenvalue weighted by atomic mass is 10.1. The predicted octanol–water partition coefficient (Wildman–Crippen LogP) is 6.87. The highest BCUT2D eigenvalue weighted by atomic mass is 31.2. The Kier molecular flexibility index (Phi) is 4.43. The van der Waals surface area contributed by atoms with Crippen LogP contribution in [0.25, 0.3) is 32.0 Å². The van der Waals surface area contributed by atoms with Crippen LogP contribution in [0.4, 0.5) is 0 Å². The van der Waals surface area contributed by atoms with Crippen molar-refractivity contribution in [1.82, 2.24) is 0 Å². The molecule has 0 spiro atoms. The van der Waals surface area contributed by atoms with Gasteiger partial charge in [0.25, 0.3) is 0 Å². The first-order valence-corrected chi connectivity index (χ1v) is 9.69. The minimum atomic E-state index is -4.16. The second kappa shape index (κ2) is 7.04. The number of hydrogen-bond donors (Lipinski definition) is 0. The van der Waals surface area contributed by atoms with Gasteiger partial charge in [0.05, 0.1) is 0 Å². The van der Waals surface area contributed by atoms with Crippen molar-refractivity contribution in [2.45, 2.75) is 0 Å². The number of benzene rings is 4. The van der Waals surface area contributed by atoms with Gasteiger partial charge in [-0.05, 0) is 28.4 Å². The Hall–Kier alpha value is -3.46. The van der Waals surface area contributed by atoms with Crippen molar-refractivity contribution < 1.29 is 13.6 Å². The highest BCUT2D eigenvalue weighted by molar-refractivity contribution is 7.53. The molecule has 0 heterocycles. The summed E-state index contributed by atoms with van der Waals surface area (Å²) in [4.78, 5) is 6.02. The molecule has 132 valence electrons. The van der Waals surface area contributed by atoms with Gasteiger partial charge < -0.3 is 9.05 Å². The van der Waals surface area contributed by atoms with Gasteiger partial charge >= 0.3 is 7.75 Å². The summed E-state index contributed by atoms with van der Waals surface area (Å²) < 4.78 is 24.4. The molecule has 0 atom stereocenters. The third-order valence-electron chi connectivity index (χ3n) is 4.08. The smallest absolute Gasteiger partial charge is 0.411 e. The molecule has 0 aliphatic rings. The van der Waals surface area contributed by atoms with E-state index in [0.29, 0.717) is 11.5 Å². The van der Waals surface area contributed by atoms with E-state index in [4.69, 9.17) is 14.6 Å². The van der Waals surface area contributed by atoms with E-state index in [1.54, 1.807) is 24.3 Å². The van der Waals surface area contributed by atoms with Crippen LogP contribution in [0.5, 0.6) is 11.5 Å². The van der Waals surface area contributed by atoms with Crippen molar-refractivity contribution in [3.8, 4) is 11.5 Å². The molecule has 0 saturated heterocycles. The predicted molar refractivity (Wildman–Crippen MR) is 106 cm³/mol. The maximum Gasteiger partial charge on any atom is 0.525 e. The molecule has 0 aromatic heterocycles. The van der Waals surface area contributed by atoms with Gasteiger partial charge in [-0.1, -0.05) is 72.8 Å². The van der Waals surface area contributed by atoms with Crippen molar-refractivity contribution >= 4 is 29.3 Å². The van der Waals surface area contributed by atoms with Crippen LogP contribution in [0.1, 0.15) is 0 Å². The lowest BCUT2D eigenvalue weighted by molar-refractivity contribution is 0.390. The zero-order valence-corrected chi connectivity index (χ0v) is 15.0. The highest BCUT2D eigenvalue weighted by Gasteiger charge is 2.28. The van der Waals surface area contributed by atoms with Crippen LogP contribution in [-0.2, 0) is 4.57 Å². The van der Waals surface area contributed by atoms with Crippen molar-refractivity contribution in [3.63, 3.8) is 0 Å². The Balaban J connectivity index is 1.77. The summed E-state index contributed by atoms with van der Waals surface area (Å²) in [6, 6.07) is 25.7. The molecule has 0 fully saturated rings. The molecule has 0 unspecified atom stereocenters. The van der Waals surface area contributed by atoms with Crippen LogP contribution in [0, 0.1) is 0 Å². The van der Waals surface area contributed by atoms with E-state index < -0.39 is 7.75 Å². The first-order valence-electron chi connectivity index (χ1n) is 8.20. The lowest BCUT2D eigenvalue weighted by Crippen LogP contribution is -1.99. The number of rotatable bonds is 5. The maximum absolute atomic E-state index is 13.2. The first-order chi connectivity index (χ1) is 13.2. The van der Waals surface area contributed by atoms with Gasteiger partial charge in [-0.25, -0.2) is 4.57 Å². The minimum Gasteiger partial charge on any atom is -0.411 e. The van der Waals surface area contributed by atoms with Crippen LogP contribution in [-0.4, -0.2) is 0 Å². The highest BCUT2D eigenvalue weighted by Crippen LogP contribution is 2.52. The SMILES string of the molecule is [N-]=[N+]=NP(=O)(Oc1cccc2ccccc12)Oc1cccc2ccccc12. The van der Waals surface area contributed by atoms with E-state index >= 15 is 0 Å². The molecular weight excluding hydrogens is 361 g/mol. The van der Waals surface area contributed by atoms with E-state index in [2.05, 4.69) is 9.80 Å². The molecule has 0 aliphatic heterocycles. The summed E-state index contributed by atoms with van der Waals surface area (Å²) in [5.41, 5.74) is 8.91. The second-order valence-electron chi connectivity index (χ2n) is 5.78. The Bertz CT molecular complexity index is 1140. The molecule has 4 rings (SSSR count). The first kappa shape index (κ1) is 17.0. The van der Waals surface area contributed by atoms with Gasteiger partial charge in [0.2, 0.25) is 0 Å². The molecule has 4 aromatic carbocycles. The van der Waals surface area contributed by atoms with E-state index in [-0.39, 0.29) is 0 Å². The largest absolute Gasteiger partial charge is 0.525 e. The fourth-order valence-electron chi connectivity index (χ4n) is 2.90. The fourth-order valence-corrected chi connectivity index (χ4v) is 3.93. The summed E-state index contributed by atoms with van der Waals surface area (Å²) in [5.74, 6) is 0.646. The summed E-state index contributed by atoms with van der Waals surface area (Å²) >= 11 is 0. The summed E-state index contributed by atoms with van der Waals surface area (Å²) in [6.45, 7) is 0. The number of azide groups is 1. The lowest BCUT2D eigenvalue weighted by Gasteiger charge is -2.17. The van der Waals surface area contributed by atoms with E-state index in [0.717, 1.165) is 21.5 Å². The van der Waals surface area contributed by atoms with E-state index in [9.17, 15) is 4.57 Å². The van der Waals surface area contributed by atoms with Gasteiger partial charge in [-0.3, -0.25) is 0 Å². The zero-order valence-electron chi connectivity index (χ0n) is 14.1. The van der Waals surface area contributed by atoms with Crippen molar-refractivity contribution in [1.29, 1.82) is 0 Å². The number of hydrogen-bond acceptors (Lipinski definition) is 3. The van der Waals surface area contributed by atoms with Crippen LogP contribution < -0.4 is 9.05 Å². The zero-order chi connectivity index (χ0) is 18.7. The molecule has 4 aromatic rings. The average molecular weight is 375 g/mol. The summed E-state index contributed by atoms with van der Waals surface area (Å²) in [7, 11) is -4.16. The monoisotopic (exact) mass is 375 g/mol.